The molecule has 0 unspecified atom stereocenters. The molecule has 1 aliphatic rings. The highest BCUT2D eigenvalue weighted by molar-refractivity contribution is 5.79. The average molecular weight is 394 g/mol. The highest BCUT2D eigenvalue weighted by Gasteiger charge is 2.16. The Morgan fingerprint density at radius 2 is 1.82 bits per heavy atom. The maximum atomic E-state index is 13.1. The predicted octanol–water partition coefficient (Wildman–Crippen LogP) is 2.32. The van der Waals surface area contributed by atoms with Gasteiger partial charge in [0.25, 0.3) is 0 Å². The van der Waals surface area contributed by atoms with E-state index in [9.17, 15) is 4.39 Å². The highest BCUT2D eigenvalue weighted by Crippen LogP contribution is 2.16. The zero-order valence-corrected chi connectivity index (χ0v) is 17.4. The van der Waals surface area contributed by atoms with E-state index in [0.29, 0.717) is 0 Å². The summed E-state index contributed by atoms with van der Waals surface area (Å²) in [5.74, 6) is 0.713. The van der Waals surface area contributed by atoms with Crippen molar-refractivity contribution in [1.29, 1.82) is 0 Å². The van der Waals surface area contributed by atoms with Crippen molar-refractivity contribution in [1.82, 2.24) is 15.5 Å². The summed E-state index contributed by atoms with van der Waals surface area (Å²) in [5, 5.41) is 6.74. The lowest BCUT2D eigenvalue weighted by Crippen LogP contribution is -2.49. The molecular weight excluding hydrogens is 357 g/mol. The quantitative estimate of drug-likeness (QED) is 0.343. The molecule has 2 N–H and O–H groups in total. The molecule has 0 aromatic heterocycles. The van der Waals surface area contributed by atoms with Crippen molar-refractivity contribution in [3.63, 3.8) is 0 Å². The van der Waals surface area contributed by atoms with Gasteiger partial charge in [0.15, 0.2) is 5.96 Å². The fourth-order valence-electron chi connectivity index (χ4n) is 3.21. The van der Waals surface area contributed by atoms with E-state index in [-0.39, 0.29) is 5.82 Å². The summed E-state index contributed by atoms with van der Waals surface area (Å²) in [6.45, 7) is 13.2. The number of ether oxygens (including phenoxy) is 1. The molecular formula is C21H36FN5O. The van der Waals surface area contributed by atoms with E-state index in [2.05, 4.69) is 32.3 Å². The Morgan fingerprint density at radius 3 is 2.50 bits per heavy atom. The Hall–Kier alpha value is -1.86. The van der Waals surface area contributed by atoms with E-state index in [0.717, 1.165) is 90.1 Å². The smallest absolute Gasteiger partial charge is 0.191 e. The van der Waals surface area contributed by atoms with Crippen molar-refractivity contribution in [2.75, 3.05) is 70.5 Å². The predicted molar refractivity (Wildman–Crippen MR) is 115 cm³/mol. The molecule has 0 saturated carbocycles. The number of hydrogen-bond acceptors (Lipinski definition) is 4. The topological polar surface area (TPSA) is 52.1 Å². The van der Waals surface area contributed by atoms with Crippen LogP contribution in [0, 0.1) is 5.82 Å². The molecule has 1 fully saturated rings. The number of benzene rings is 1. The number of halogens is 1. The van der Waals surface area contributed by atoms with Gasteiger partial charge in [-0.1, -0.05) is 0 Å². The van der Waals surface area contributed by atoms with Crippen LogP contribution in [-0.2, 0) is 4.74 Å². The summed E-state index contributed by atoms with van der Waals surface area (Å²) in [6.07, 6.45) is 2.09. The summed E-state index contributed by atoms with van der Waals surface area (Å²) in [4.78, 5) is 9.41. The van der Waals surface area contributed by atoms with Gasteiger partial charge in [-0.25, -0.2) is 4.39 Å². The van der Waals surface area contributed by atoms with Gasteiger partial charge in [0.1, 0.15) is 5.82 Å². The molecule has 1 heterocycles. The molecule has 0 spiro atoms. The zero-order valence-electron chi connectivity index (χ0n) is 17.4. The number of rotatable bonds is 11. The molecule has 2 rings (SSSR count). The average Bonchev–Trinajstić information content (AvgIpc) is 2.72. The van der Waals surface area contributed by atoms with Crippen LogP contribution in [0.5, 0.6) is 0 Å². The minimum Gasteiger partial charge on any atom is -0.382 e. The van der Waals surface area contributed by atoms with Crippen LogP contribution >= 0.6 is 0 Å². The van der Waals surface area contributed by atoms with Gasteiger partial charge in [-0.2, -0.15) is 0 Å². The number of hydrogen-bond donors (Lipinski definition) is 2. The number of nitrogens with zero attached hydrogens (tertiary/aromatic N) is 3. The van der Waals surface area contributed by atoms with Gasteiger partial charge in [0, 0.05) is 71.3 Å². The second-order valence-electron chi connectivity index (χ2n) is 6.90. The monoisotopic (exact) mass is 393 g/mol. The van der Waals surface area contributed by atoms with Crippen LogP contribution in [0.1, 0.15) is 26.7 Å². The molecule has 1 saturated heterocycles. The summed E-state index contributed by atoms with van der Waals surface area (Å²) in [7, 11) is 0. The fourth-order valence-corrected chi connectivity index (χ4v) is 3.21. The van der Waals surface area contributed by atoms with Crippen molar-refractivity contribution in [2.24, 2.45) is 4.99 Å². The van der Waals surface area contributed by atoms with Crippen LogP contribution < -0.4 is 15.5 Å². The lowest BCUT2D eigenvalue weighted by atomic mass is 10.2. The van der Waals surface area contributed by atoms with E-state index < -0.39 is 0 Å². The van der Waals surface area contributed by atoms with Crippen LogP contribution in [0.3, 0.4) is 0 Å². The van der Waals surface area contributed by atoms with Crippen LogP contribution in [0.15, 0.2) is 29.3 Å². The largest absolute Gasteiger partial charge is 0.382 e. The van der Waals surface area contributed by atoms with E-state index in [1.165, 1.54) is 12.1 Å². The Balaban J connectivity index is 1.63. The Labute approximate surface area is 169 Å². The normalized spacial score (nSPS) is 15.7. The van der Waals surface area contributed by atoms with Gasteiger partial charge < -0.3 is 20.3 Å². The number of nitrogens with one attached hydrogen (secondary N) is 2. The number of piperazine rings is 1. The van der Waals surface area contributed by atoms with Crippen molar-refractivity contribution < 1.29 is 9.13 Å². The third kappa shape index (κ3) is 8.44. The molecule has 0 aliphatic carbocycles. The number of guanidine groups is 1. The molecule has 158 valence electrons. The number of anilines is 1. The second-order valence-corrected chi connectivity index (χ2v) is 6.90. The van der Waals surface area contributed by atoms with Gasteiger partial charge >= 0.3 is 0 Å². The molecule has 1 aromatic rings. The summed E-state index contributed by atoms with van der Waals surface area (Å²) in [5.41, 5.74) is 1.10. The first-order valence-corrected chi connectivity index (χ1v) is 10.6. The van der Waals surface area contributed by atoms with Crippen LogP contribution in [0.2, 0.25) is 0 Å². The van der Waals surface area contributed by atoms with Crippen LogP contribution in [0.25, 0.3) is 0 Å². The zero-order chi connectivity index (χ0) is 20.0. The van der Waals surface area contributed by atoms with E-state index in [1.807, 2.05) is 19.1 Å². The van der Waals surface area contributed by atoms with Gasteiger partial charge in [-0.05, 0) is 51.0 Å². The fraction of sp³-hybridized carbons (Fsp3) is 0.667. The van der Waals surface area contributed by atoms with Crippen molar-refractivity contribution in [3.8, 4) is 0 Å². The third-order valence-electron chi connectivity index (χ3n) is 4.80. The van der Waals surface area contributed by atoms with Gasteiger partial charge in [0.05, 0.1) is 0 Å². The van der Waals surface area contributed by atoms with Crippen LogP contribution in [0.4, 0.5) is 10.1 Å². The summed E-state index contributed by atoms with van der Waals surface area (Å²) >= 11 is 0. The lowest BCUT2D eigenvalue weighted by molar-refractivity contribution is 0.144. The minimum atomic E-state index is -0.180. The van der Waals surface area contributed by atoms with Gasteiger partial charge in [-0.3, -0.25) is 9.89 Å². The van der Waals surface area contributed by atoms with Gasteiger partial charge in [-0.15, -0.1) is 0 Å². The second kappa shape index (κ2) is 13.3. The first-order chi connectivity index (χ1) is 13.7. The molecule has 7 heteroatoms. The highest BCUT2D eigenvalue weighted by atomic mass is 19.1. The number of aliphatic imine (C=N–C) groups is 1. The molecule has 0 atom stereocenters. The van der Waals surface area contributed by atoms with Crippen LogP contribution in [-0.4, -0.2) is 76.4 Å². The lowest BCUT2D eigenvalue weighted by Gasteiger charge is -2.36. The maximum Gasteiger partial charge on any atom is 0.191 e. The Bertz CT molecular complexity index is 558. The van der Waals surface area contributed by atoms with Crippen molar-refractivity contribution in [2.45, 2.75) is 26.7 Å². The van der Waals surface area contributed by atoms with E-state index in [4.69, 9.17) is 4.74 Å². The summed E-state index contributed by atoms with van der Waals surface area (Å²) < 4.78 is 18.4. The standard InChI is InChI=1S/C21H36FN5O/c1-3-23-21(24-11-5-6-18-28-4-2)25-12-13-26-14-16-27(17-15-26)20-9-7-19(22)8-10-20/h7-10H,3-6,11-18H2,1-2H3,(H2,23,24,25). The molecule has 0 bridgehead atoms. The Kier molecular flexibility index (Phi) is 10.7. The molecule has 6 nitrogen and oxygen atoms in total. The molecule has 28 heavy (non-hydrogen) atoms. The van der Waals surface area contributed by atoms with E-state index in [1.54, 1.807) is 0 Å². The molecule has 1 aliphatic heterocycles. The van der Waals surface area contributed by atoms with Crippen molar-refractivity contribution >= 4 is 11.6 Å². The molecule has 1 aromatic carbocycles. The molecule has 0 amide bonds. The third-order valence-corrected chi connectivity index (χ3v) is 4.80. The van der Waals surface area contributed by atoms with Gasteiger partial charge in [0.2, 0.25) is 0 Å². The SMILES string of the molecule is CCNC(=NCCCCOCC)NCCN1CCN(c2ccc(F)cc2)CC1. The molecule has 0 radical (unpaired) electrons. The minimum absolute atomic E-state index is 0.180. The first kappa shape index (κ1) is 22.4. The maximum absolute atomic E-state index is 13.1. The van der Waals surface area contributed by atoms with E-state index >= 15 is 0 Å². The Morgan fingerprint density at radius 1 is 1.07 bits per heavy atom. The number of unbranched alkanes of at least 4 members (excludes halogenated alkanes) is 1. The summed E-state index contributed by atoms with van der Waals surface area (Å²) in [6, 6.07) is 6.79. The van der Waals surface area contributed by atoms with Crippen molar-refractivity contribution in [3.05, 3.63) is 30.1 Å². The first-order valence-electron chi connectivity index (χ1n) is 10.6.